The van der Waals surface area contributed by atoms with E-state index < -0.39 is 0 Å². The van der Waals surface area contributed by atoms with E-state index in [4.69, 9.17) is 4.74 Å². The topological polar surface area (TPSA) is 43.4 Å². The van der Waals surface area contributed by atoms with Crippen molar-refractivity contribution in [3.05, 3.63) is 0 Å². The van der Waals surface area contributed by atoms with Gasteiger partial charge in [0.05, 0.1) is 0 Å². The molecule has 0 saturated heterocycles. The minimum atomic E-state index is -0.186. The summed E-state index contributed by atoms with van der Waals surface area (Å²) in [5.41, 5.74) is 0. The lowest BCUT2D eigenvalue weighted by molar-refractivity contribution is -0.153. The Bertz CT molecular complexity index is 323. The van der Waals surface area contributed by atoms with Crippen LogP contribution in [0.25, 0.3) is 0 Å². The van der Waals surface area contributed by atoms with E-state index in [2.05, 4.69) is 6.92 Å². The molecule has 0 aliphatic heterocycles. The van der Waals surface area contributed by atoms with E-state index in [-0.39, 0.29) is 18.0 Å². The average Bonchev–Trinajstić information content (AvgIpc) is 2.67. The molecule has 3 nitrogen and oxygen atoms in total. The molecular formula is C14H22O3. The zero-order chi connectivity index (χ0) is 12.6. The quantitative estimate of drug-likeness (QED) is 0.694. The second kappa shape index (κ2) is 4.79. The molecule has 0 heterocycles. The lowest BCUT2D eigenvalue weighted by atomic mass is 9.69. The van der Waals surface area contributed by atoms with E-state index >= 15 is 0 Å². The molecule has 0 bridgehead atoms. The van der Waals surface area contributed by atoms with E-state index in [1.54, 1.807) is 6.92 Å². The van der Waals surface area contributed by atoms with Gasteiger partial charge in [-0.15, -0.1) is 0 Å². The van der Waals surface area contributed by atoms with Crippen molar-refractivity contribution < 1.29 is 14.3 Å². The molecule has 3 heteroatoms. The van der Waals surface area contributed by atoms with Gasteiger partial charge in [-0.3, -0.25) is 9.59 Å². The van der Waals surface area contributed by atoms with Crippen LogP contribution in [0.15, 0.2) is 0 Å². The Morgan fingerprint density at radius 3 is 2.35 bits per heavy atom. The van der Waals surface area contributed by atoms with Gasteiger partial charge in [0, 0.05) is 12.8 Å². The van der Waals surface area contributed by atoms with E-state index in [0.717, 1.165) is 25.7 Å². The van der Waals surface area contributed by atoms with Gasteiger partial charge in [-0.25, -0.2) is 0 Å². The molecule has 0 N–H and O–H groups in total. The van der Waals surface area contributed by atoms with E-state index in [1.807, 2.05) is 0 Å². The monoisotopic (exact) mass is 238 g/mol. The van der Waals surface area contributed by atoms with Gasteiger partial charge in [0.1, 0.15) is 11.9 Å². The number of rotatable bonds is 2. The molecule has 5 atom stereocenters. The summed E-state index contributed by atoms with van der Waals surface area (Å²) in [6, 6.07) is 0. The van der Waals surface area contributed by atoms with Crippen molar-refractivity contribution in [3.63, 3.8) is 0 Å². The Morgan fingerprint density at radius 1 is 1.06 bits per heavy atom. The number of carbonyl (C=O) groups excluding carboxylic acids is 2. The fraction of sp³-hybridized carbons (Fsp3) is 0.857. The first-order chi connectivity index (χ1) is 8.00. The molecule has 17 heavy (non-hydrogen) atoms. The molecular weight excluding hydrogens is 216 g/mol. The highest BCUT2D eigenvalue weighted by Crippen LogP contribution is 2.49. The summed E-state index contributed by atoms with van der Waals surface area (Å²) in [5, 5.41) is 0. The van der Waals surface area contributed by atoms with Crippen LogP contribution in [0, 0.1) is 23.7 Å². The van der Waals surface area contributed by atoms with Gasteiger partial charge < -0.3 is 4.74 Å². The van der Waals surface area contributed by atoms with E-state index in [1.165, 1.54) is 6.92 Å². The van der Waals surface area contributed by atoms with Crippen molar-refractivity contribution in [2.45, 2.75) is 52.6 Å². The molecule has 96 valence electrons. The number of fused-ring (bicyclic) bond motifs is 1. The third kappa shape index (κ3) is 2.38. The summed E-state index contributed by atoms with van der Waals surface area (Å²) >= 11 is 0. The first kappa shape index (κ1) is 12.6. The number of hydrogen-bond donors (Lipinski definition) is 0. The number of ether oxygens (including phenoxy) is 1. The predicted molar refractivity (Wildman–Crippen MR) is 64.3 cm³/mol. The van der Waals surface area contributed by atoms with Crippen LogP contribution >= 0.6 is 0 Å². The number of carbonyl (C=O) groups is 2. The second-order valence-electron chi connectivity index (χ2n) is 5.74. The fourth-order valence-corrected chi connectivity index (χ4v) is 3.98. The normalized spacial score (nSPS) is 40.8. The Morgan fingerprint density at radius 2 is 1.76 bits per heavy atom. The molecule has 0 amide bonds. The minimum absolute atomic E-state index is 0.0537. The largest absolute Gasteiger partial charge is 0.462 e. The Kier molecular flexibility index (Phi) is 3.55. The van der Waals surface area contributed by atoms with Gasteiger partial charge in [-0.05, 0) is 50.4 Å². The molecule has 2 fully saturated rings. The number of esters is 1. The van der Waals surface area contributed by atoms with Gasteiger partial charge in [-0.2, -0.15) is 0 Å². The molecule has 0 spiro atoms. The molecule has 2 saturated carbocycles. The highest BCUT2D eigenvalue weighted by atomic mass is 16.5. The Labute approximate surface area is 103 Å². The van der Waals surface area contributed by atoms with Crippen LogP contribution in [0.3, 0.4) is 0 Å². The summed E-state index contributed by atoms with van der Waals surface area (Å²) in [5.74, 6) is 1.76. The van der Waals surface area contributed by atoms with Gasteiger partial charge in [0.2, 0.25) is 0 Å². The van der Waals surface area contributed by atoms with Gasteiger partial charge in [0.25, 0.3) is 0 Å². The lowest BCUT2D eigenvalue weighted by Crippen LogP contribution is -2.39. The summed E-state index contributed by atoms with van der Waals surface area (Å²) in [6.45, 7) is 5.42. The maximum atomic E-state index is 11.7. The van der Waals surface area contributed by atoms with Crippen molar-refractivity contribution in [3.8, 4) is 0 Å². The van der Waals surface area contributed by atoms with Crippen LogP contribution in [-0.2, 0) is 14.3 Å². The molecule has 0 aromatic rings. The average molecular weight is 238 g/mol. The van der Waals surface area contributed by atoms with Crippen molar-refractivity contribution >= 4 is 11.8 Å². The predicted octanol–water partition coefficient (Wildman–Crippen LogP) is 2.58. The molecule has 2 rings (SSSR count). The molecule has 0 aromatic carbocycles. The first-order valence-electron chi connectivity index (χ1n) is 6.68. The van der Waals surface area contributed by atoms with E-state index in [0.29, 0.717) is 23.5 Å². The number of ketones is 1. The van der Waals surface area contributed by atoms with Crippen molar-refractivity contribution in [2.24, 2.45) is 23.7 Å². The second-order valence-corrected chi connectivity index (χ2v) is 5.74. The molecule has 2 aliphatic carbocycles. The molecule has 4 unspecified atom stereocenters. The van der Waals surface area contributed by atoms with Crippen LogP contribution in [-0.4, -0.2) is 17.9 Å². The van der Waals surface area contributed by atoms with Gasteiger partial charge in [-0.1, -0.05) is 6.92 Å². The SMILES string of the molecule is CC(=O)OC1CC[C@@H](C)C2C(C(C)=O)CCC12. The van der Waals surface area contributed by atoms with Crippen LogP contribution in [0.1, 0.15) is 46.5 Å². The van der Waals surface area contributed by atoms with Crippen molar-refractivity contribution in [1.29, 1.82) is 0 Å². The summed E-state index contributed by atoms with van der Waals surface area (Å²) < 4.78 is 5.43. The summed E-state index contributed by atoms with van der Waals surface area (Å²) in [4.78, 5) is 22.8. The van der Waals surface area contributed by atoms with Crippen LogP contribution in [0.2, 0.25) is 0 Å². The lowest BCUT2D eigenvalue weighted by Gasteiger charge is -2.39. The summed E-state index contributed by atoms with van der Waals surface area (Å²) in [7, 11) is 0. The standard InChI is InChI=1S/C14H22O3/c1-8-4-7-13(17-10(3)16)12-6-5-11(9(2)15)14(8)12/h8,11-14H,4-7H2,1-3H3/t8-,11?,12?,13?,14?/m1/s1. The van der Waals surface area contributed by atoms with Crippen LogP contribution in [0.4, 0.5) is 0 Å². The third-order valence-corrected chi connectivity index (χ3v) is 4.65. The van der Waals surface area contributed by atoms with Crippen molar-refractivity contribution in [1.82, 2.24) is 0 Å². The van der Waals surface area contributed by atoms with E-state index in [9.17, 15) is 9.59 Å². The zero-order valence-corrected chi connectivity index (χ0v) is 10.9. The van der Waals surface area contributed by atoms with Gasteiger partial charge in [0.15, 0.2) is 0 Å². The molecule has 0 aromatic heterocycles. The third-order valence-electron chi connectivity index (χ3n) is 4.65. The summed E-state index contributed by atoms with van der Waals surface area (Å²) in [6.07, 6.45) is 4.11. The van der Waals surface area contributed by atoms with Crippen LogP contribution < -0.4 is 0 Å². The maximum Gasteiger partial charge on any atom is 0.302 e. The molecule has 0 radical (unpaired) electrons. The maximum absolute atomic E-state index is 11.7. The fourth-order valence-electron chi connectivity index (χ4n) is 3.98. The number of hydrogen-bond acceptors (Lipinski definition) is 3. The number of Topliss-reactive ketones (excluding diaryl/α,β-unsaturated/α-hetero) is 1. The highest BCUT2D eigenvalue weighted by Gasteiger charge is 2.48. The smallest absolute Gasteiger partial charge is 0.302 e. The zero-order valence-electron chi connectivity index (χ0n) is 10.9. The molecule has 2 aliphatic rings. The Hall–Kier alpha value is -0.860. The minimum Gasteiger partial charge on any atom is -0.462 e. The van der Waals surface area contributed by atoms with Crippen molar-refractivity contribution in [2.75, 3.05) is 0 Å². The Balaban J connectivity index is 2.13. The van der Waals surface area contributed by atoms with Gasteiger partial charge >= 0.3 is 5.97 Å². The highest BCUT2D eigenvalue weighted by molar-refractivity contribution is 5.79. The van der Waals surface area contributed by atoms with Crippen LogP contribution in [0.5, 0.6) is 0 Å². The first-order valence-corrected chi connectivity index (χ1v) is 6.68.